The number of nitrogens with zero attached hydrogens (tertiary/aromatic N) is 3. The maximum absolute atomic E-state index is 12.2. The van der Waals surface area contributed by atoms with Crippen LogP contribution in [0.2, 0.25) is 0 Å². The number of aromatic amines is 1. The van der Waals surface area contributed by atoms with Gasteiger partial charge < -0.3 is 10.5 Å². The molecule has 0 aromatic carbocycles. The van der Waals surface area contributed by atoms with Crippen molar-refractivity contribution in [2.75, 3.05) is 25.4 Å². The van der Waals surface area contributed by atoms with Crippen molar-refractivity contribution in [3.05, 3.63) is 6.20 Å². The van der Waals surface area contributed by atoms with Crippen LogP contribution in [-0.2, 0) is 14.8 Å². The SMILES string of the molecule is N#CC1CN(S(=O)(=O)c2cn[nH]c2N)CCO1. The van der Waals surface area contributed by atoms with E-state index in [1.807, 2.05) is 6.07 Å². The third-order valence-electron chi connectivity index (χ3n) is 2.42. The van der Waals surface area contributed by atoms with Gasteiger partial charge in [-0.2, -0.15) is 14.7 Å². The van der Waals surface area contributed by atoms with Gasteiger partial charge in [0.1, 0.15) is 10.7 Å². The number of anilines is 1. The minimum atomic E-state index is -3.71. The molecule has 0 spiro atoms. The number of ether oxygens (including phenoxy) is 1. The topological polar surface area (TPSA) is 125 Å². The lowest BCUT2D eigenvalue weighted by molar-refractivity contribution is 0.0311. The molecule has 2 rings (SSSR count). The van der Waals surface area contributed by atoms with Gasteiger partial charge in [0.15, 0.2) is 6.10 Å². The summed E-state index contributed by atoms with van der Waals surface area (Å²) in [7, 11) is -3.71. The van der Waals surface area contributed by atoms with Gasteiger partial charge in [0.05, 0.1) is 25.4 Å². The number of sulfonamides is 1. The second kappa shape index (κ2) is 4.33. The molecule has 1 saturated heterocycles. The molecule has 9 heteroatoms. The number of nitriles is 1. The van der Waals surface area contributed by atoms with E-state index in [1.165, 1.54) is 4.31 Å². The summed E-state index contributed by atoms with van der Waals surface area (Å²) in [5.74, 6) is -0.00926. The number of H-pyrrole nitrogens is 1. The van der Waals surface area contributed by atoms with Gasteiger partial charge in [0.25, 0.3) is 0 Å². The third-order valence-corrected chi connectivity index (χ3v) is 4.32. The maximum atomic E-state index is 12.2. The van der Waals surface area contributed by atoms with Gasteiger partial charge in [0, 0.05) is 6.54 Å². The van der Waals surface area contributed by atoms with Crippen LogP contribution in [0, 0.1) is 11.3 Å². The summed E-state index contributed by atoms with van der Waals surface area (Å²) in [6.07, 6.45) is 0.410. The lowest BCUT2D eigenvalue weighted by atomic mass is 10.3. The van der Waals surface area contributed by atoms with Crippen LogP contribution in [0.3, 0.4) is 0 Å². The van der Waals surface area contributed by atoms with Gasteiger partial charge in [-0.1, -0.05) is 0 Å². The fraction of sp³-hybridized carbons (Fsp3) is 0.500. The minimum Gasteiger partial charge on any atom is -0.383 e. The van der Waals surface area contributed by atoms with E-state index in [-0.39, 0.29) is 30.4 Å². The predicted octanol–water partition coefficient (Wildman–Crippen LogP) is -1.10. The molecule has 1 aliphatic heterocycles. The van der Waals surface area contributed by atoms with Crippen molar-refractivity contribution in [3.8, 4) is 6.07 Å². The maximum Gasteiger partial charge on any atom is 0.248 e. The first-order chi connectivity index (χ1) is 8.05. The summed E-state index contributed by atoms with van der Waals surface area (Å²) < 4.78 is 30.6. The van der Waals surface area contributed by atoms with Crippen molar-refractivity contribution in [1.82, 2.24) is 14.5 Å². The molecule has 0 radical (unpaired) electrons. The molecule has 0 aliphatic carbocycles. The first-order valence-corrected chi connectivity index (χ1v) is 6.30. The normalized spacial score (nSPS) is 22.2. The average molecular weight is 257 g/mol. The fourth-order valence-electron chi connectivity index (χ4n) is 1.55. The fourth-order valence-corrected chi connectivity index (χ4v) is 2.99. The summed E-state index contributed by atoms with van der Waals surface area (Å²) in [6.45, 7) is 0.393. The van der Waals surface area contributed by atoms with Crippen LogP contribution >= 0.6 is 0 Å². The number of nitrogens with one attached hydrogen (secondary N) is 1. The van der Waals surface area contributed by atoms with E-state index >= 15 is 0 Å². The molecule has 92 valence electrons. The highest BCUT2D eigenvalue weighted by Crippen LogP contribution is 2.21. The molecule has 1 aromatic rings. The van der Waals surface area contributed by atoms with Crippen LogP contribution in [0.1, 0.15) is 0 Å². The Morgan fingerprint density at radius 3 is 3.06 bits per heavy atom. The summed E-state index contributed by atoms with van der Waals surface area (Å²) in [5.41, 5.74) is 5.48. The third kappa shape index (κ3) is 2.10. The highest BCUT2D eigenvalue weighted by molar-refractivity contribution is 7.89. The summed E-state index contributed by atoms with van der Waals surface area (Å²) >= 11 is 0. The van der Waals surface area contributed by atoms with Gasteiger partial charge in [-0.15, -0.1) is 0 Å². The molecule has 2 heterocycles. The van der Waals surface area contributed by atoms with Crippen LogP contribution in [0.5, 0.6) is 0 Å². The predicted molar refractivity (Wildman–Crippen MR) is 57.1 cm³/mol. The van der Waals surface area contributed by atoms with Crippen molar-refractivity contribution < 1.29 is 13.2 Å². The number of hydrogen-bond acceptors (Lipinski definition) is 6. The van der Waals surface area contributed by atoms with Crippen LogP contribution in [-0.4, -0.2) is 48.7 Å². The Morgan fingerprint density at radius 1 is 1.71 bits per heavy atom. The molecule has 3 N–H and O–H groups in total. The minimum absolute atomic E-state index is 0.00343. The number of aromatic nitrogens is 2. The molecule has 1 unspecified atom stereocenters. The van der Waals surface area contributed by atoms with E-state index in [0.717, 1.165) is 6.20 Å². The Labute approximate surface area is 98.0 Å². The Hall–Kier alpha value is -1.63. The van der Waals surface area contributed by atoms with E-state index in [0.29, 0.717) is 0 Å². The number of nitrogens with two attached hydrogens (primary N) is 1. The van der Waals surface area contributed by atoms with E-state index in [9.17, 15) is 8.42 Å². The molecule has 1 fully saturated rings. The molecule has 17 heavy (non-hydrogen) atoms. The number of rotatable bonds is 2. The van der Waals surface area contributed by atoms with Gasteiger partial charge in [-0.3, -0.25) is 5.10 Å². The largest absolute Gasteiger partial charge is 0.383 e. The van der Waals surface area contributed by atoms with Crippen LogP contribution in [0.4, 0.5) is 5.82 Å². The average Bonchev–Trinajstić information content (AvgIpc) is 2.76. The summed E-state index contributed by atoms with van der Waals surface area (Å²) in [4.78, 5) is -0.0731. The summed E-state index contributed by atoms with van der Waals surface area (Å²) in [5, 5.41) is 14.7. The first-order valence-electron chi connectivity index (χ1n) is 4.86. The zero-order chi connectivity index (χ0) is 12.5. The highest BCUT2D eigenvalue weighted by atomic mass is 32.2. The Balaban J connectivity index is 2.28. The van der Waals surface area contributed by atoms with E-state index in [2.05, 4.69) is 10.2 Å². The van der Waals surface area contributed by atoms with Gasteiger partial charge in [-0.25, -0.2) is 8.42 Å². The molecular weight excluding hydrogens is 246 g/mol. The second-order valence-electron chi connectivity index (χ2n) is 3.50. The molecule has 1 aliphatic rings. The monoisotopic (exact) mass is 257 g/mol. The lowest BCUT2D eigenvalue weighted by Gasteiger charge is -2.28. The number of morpholine rings is 1. The molecule has 8 nitrogen and oxygen atoms in total. The molecule has 0 amide bonds. The molecule has 0 bridgehead atoms. The number of hydrogen-bond donors (Lipinski definition) is 2. The lowest BCUT2D eigenvalue weighted by Crippen LogP contribution is -2.45. The zero-order valence-corrected chi connectivity index (χ0v) is 9.64. The quantitative estimate of drug-likeness (QED) is 0.693. The summed E-state index contributed by atoms with van der Waals surface area (Å²) in [6, 6.07) is 1.88. The Morgan fingerprint density at radius 2 is 2.47 bits per heavy atom. The molecule has 1 atom stereocenters. The van der Waals surface area contributed by atoms with Crippen molar-refractivity contribution >= 4 is 15.8 Å². The van der Waals surface area contributed by atoms with Gasteiger partial charge >= 0.3 is 0 Å². The van der Waals surface area contributed by atoms with E-state index in [1.54, 1.807) is 0 Å². The Bertz CT molecular complexity index is 546. The Kier molecular flexibility index (Phi) is 3.01. The van der Waals surface area contributed by atoms with Crippen molar-refractivity contribution in [1.29, 1.82) is 5.26 Å². The van der Waals surface area contributed by atoms with E-state index in [4.69, 9.17) is 15.7 Å². The highest BCUT2D eigenvalue weighted by Gasteiger charge is 2.32. The van der Waals surface area contributed by atoms with Crippen molar-refractivity contribution in [2.45, 2.75) is 11.0 Å². The smallest absolute Gasteiger partial charge is 0.248 e. The van der Waals surface area contributed by atoms with Crippen molar-refractivity contribution in [3.63, 3.8) is 0 Å². The molecular formula is C8H11N5O3S. The van der Waals surface area contributed by atoms with Gasteiger partial charge in [-0.05, 0) is 0 Å². The van der Waals surface area contributed by atoms with Crippen LogP contribution in [0.25, 0.3) is 0 Å². The molecule has 0 saturated carbocycles. The number of nitrogen functional groups attached to an aromatic ring is 1. The van der Waals surface area contributed by atoms with E-state index < -0.39 is 16.1 Å². The van der Waals surface area contributed by atoms with Gasteiger partial charge in [0.2, 0.25) is 10.0 Å². The first kappa shape index (κ1) is 11.8. The zero-order valence-electron chi connectivity index (χ0n) is 8.83. The van der Waals surface area contributed by atoms with Crippen LogP contribution < -0.4 is 5.73 Å². The molecule has 1 aromatic heterocycles. The standard InChI is InChI=1S/C8H11N5O3S/c9-3-6-5-13(1-2-16-6)17(14,15)7-4-11-12-8(7)10/h4,6H,1-2,5H2,(H3,10,11,12). The van der Waals surface area contributed by atoms with Crippen molar-refractivity contribution in [2.24, 2.45) is 0 Å². The second-order valence-corrected chi connectivity index (χ2v) is 5.41. The van der Waals surface area contributed by atoms with Crippen LogP contribution in [0.15, 0.2) is 11.1 Å².